The topological polar surface area (TPSA) is 32.2 Å². The molecule has 3 heteroatoms. The predicted molar refractivity (Wildman–Crippen MR) is 116 cm³/mol. The third-order valence-electron chi connectivity index (χ3n) is 6.46. The molecule has 2 aromatic carbocycles. The molecule has 1 aliphatic heterocycles. The average molecular weight is 373 g/mol. The van der Waals surface area contributed by atoms with Crippen molar-refractivity contribution in [1.82, 2.24) is 9.88 Å². The summed E-state index contributed by atoms with van der Waals surface area (Å²) in [5, 5.41) is 2.73. The van der Waals surface area contributed by atoms with Crippen molar-refractivity contribution >= 4 is 21.9 Å². The Morgan fingerprint density at radius 2 is 1.93 bits per heavy atom. The molecule has 1 N–H and O–H groups in total. The van der Waals surface area contributed by atoms with Crippen LogP contribution in [0.1, 0.15) is 41.9 Å². The molecule has 2 aromatic heterocycles. The Balaban J connectivity index is 1.17. The third kappa shape index (κ3) is 3.24. The van der Waals surface area contributed by atoms with Crippen LogP contribution in [-0.2, 0) is 6.42 Å². The highest BCUT2D eigenvalue weighted by Crippen LogP contribution is 2.33. The van der Waals surface area contributed by atoms with E-state index >= 15 is 0 Å². The molecule has 4 aromatic rings. The van der Waals surface area contributed by atoms with Crippen molar-refractivity contribution in [2.45, 2.75) is 38.5 Å². The van der Waals surface area contributed by atoms with E-state index in [1.807, 2.05) is 6.26 Å². The Hall–Kier alpha value is -2.52. The number of fused-ring (bicyclic) bond motifs is 2. The lowest BCUT2D eigenvalue weighted by atomic mass is 9.87. The highest BCUT2D eigenvalue weighted by molar-refractivity contribution is 5.84. The molecule has 0 unspecified atom stereocenters. The van der Waals surface area contributed by atoms with E-state index in [0.29, 0.717) is 5.92 Å². The van der Waals surface area contributed by atoms with Gasteiger partial charge in [-0.3, -0.25) is 0 Å². The van der Waals surface area contributed by atoms with E-state index in [-0.39, 0.29) is 0 Å². The number of aryl methyl sites for hydroxylation is 2. The normalized spacial score (nSPS) is 16.3. The van der Waals surface area contributed by atoms with Crippen LogP contribution in [0.5, 0.6) is 0 Å². The van der Waals surface area contributed by atoms with Crippen molar-refractivity contribution in [1.29, 1.82) is 0 Å². The summed E-state index contributed by atoms with van der Waals surface area (Å²) in [4.78, 5) is 5.99. The minimum Gasteiger partial charge on any atom is -0.464 e. The molecule has 0 aliphatic carbocycles. The van der Waals surface area contributed by atoms with Gasteiger partial charge in [-0.15, -0.1) is 0 Å². The maximum absolute atomic E-state index is 5.75. The molecule has 0 amide bonds. The number of aromatic amines is 1. The van der Waals surface area contributed by atoms with Gasteiger partial charge in [0, 0.05) is 22.5 Å². The van der Waals surface area contributed by atoms with Crippen LogP contribution < -0.4 is 0 Å². The van der Waals surface area contributed by atoms with Gasteiger partial charge >= 0.3 is 0 Å². The van der Waals surface area contributed by atoms with E-state index in [0.717, 1.165) is 12.0 Å². The van der Waals surface area contributed by atoms with E-state index in [2.05, 4.69) is 65.5 Å². The Morgan fingerprint density at radius 1 is 1.07 bits per heavy atom. The van der Waals surface area contributed by atoms with E-state index in [9.17, 15) is 0 Å². The van der Waals surface area contributed by atoms with Gasteiger partial charge in [0.15, 0.2) is 0 Å². The lowest BCUT2D eigenvalue weighted by Crippen LogP contribution is -2.33. The number of hydrogen-bond donors (Lipinski definition) is 1. The molecule has 0 atom stereocenters. The van der Waals surface area contributed by atoms with Gasteiger partial charge in [-0.1, -0.05) is 24.3 Å². The number of nitrogens with zero attached hydrogens (tertiary/aromatic N) is 1. The smallest absolute Gasteiger partial charge is 0.134 e. The minimum absolute atomic E-state index is 0.691. The van der Waals surface area contributed by atoms with Gasteiger partial charge in [-0.2, -0.15) is 0 Å². The Bertz CT molecular complexity index is 1080. The molecule has 0 bridgehead atoms. The number of hydrogen-bond acceptors (Lipinski definition) is 2. The molecule has 0 radical (unpaired) electrons. The summed E-state index contributed by atoms with van der Waals surface area (Å²) in [5.41, 5.74) is 6.50. The van der Waals surface area contributed by atoms with Crippen molar-refractivity contribution in [2.75, 3.05) is 19.6 Å². The van der Waals surface area contributed by atoms with Crippen LogP contribution in [0.2, 0.25) is 0 Å². The first-order valence-corrected chi connectivity index (χ1v) is 10.5. The number of nitrogens with one attached hydrogen (secondary N) is 1. The summed E-state index contributed by atoms with van der Waals surface area (Å²) in [6, 6.07) is 15.2. The van der Waals surface area contributed by atoms with Gasteiger partial charge in [0.25, 0.3) is 0 Å². The number of benzene rings is 2. The van der Waals surface area contributed by atoms with E-state index < -0.39 is 0 Å². The van der Waals surface area contributed by atoms with Crippen LogP contribution in [0.4, 0.5) is 0 Å². The monoisotopic (exact) mass is 372 g/mol. The SMILES string of the molecule is Cc1cccc2occ(CCCN3CCC(c4cccc5[nH]ccc45)CC3)c12. The summed E-state index contributed by atoms with van der Waals surface area (Å²) >= 11 is 0. The van der Waals surface area contributed by atoms with E-state index in [1.54, 1.807) is 0 Å². The molecule has 1 fully saturated rings. The first-order chi connectivity index (χ1) is 13.8. The summed E-state index contributed by atoms with van der Waals surface area (Å²) in [6.45, 7) is 5.77. The second kappa shape index (κ2) is 7.48. The number of H-pyrrole nitrogens is 1. The number of aromatic nitrogens is 1. The highest BCUT2D eigenvalue weighted by Gasteiger charge is 2.22. The average Bonchev–Trinajstić information content (AvgIpc) is 3.36. The predicted octanol–water partition coefficient (Wildman–Crippen LogP) is 6.03. The van der Waals surface area contributed by atoms with Gasteiger partial charge in [-0.05, 0) is 93.0 Å². The van der Waals surface area contributed by atoms with Gasteiger partial charge in [0.1, 0.15) is 5.58 Å². The van der Waals surface area contributed by atoms with Crippen molar-refractivity contribution in [3.8, 4) is 0 Å². The van der Waals surface area contributed by atoms with E-state index in [4.69, 9.17) is 4.42 Å². The molecule has 0 spiro atoms. The zero-order chi connectivity index (χ0) is 18.9. The standard InChI is InChI=1S/C25H28N2O/c1-18-5-2-9-24-25(18)20(17-28-24)6-4-14-27-15-11-19(12-16-27)21-7-3-8-23-22(21)10-13-26-23/h2-3,5,7-10,13,17,19,26H,4,6,11-12,14-16H2,1H3. The van der Waals surface area contributed by atoms with Gasteiger partial charge < -0.3 is 14.3 Å². The molecular weight excluding hydrogens is 344 g/mol. The van der Waals surface area contributed by atoms with Crippen molar-refractivity contribution < 1.29 is 4.42 Å². The summed E-state index contributed by atoms with van der Waals surface area (Å²) < 4.78 is 5.75. The van der Waals surface area contributed by atoms with Crippen LogP contribution in [0.15, 0.2) is 59.3 Å². The first kappa shape index (κ1) is 17.6. The van der Waals surface area contributed by atoms with Crippen LogP contribution in [0, 0.1) is 6.92 Å². The summed E-state index contributed by atoms with van der Waals surface area (Å²) in [5.74, 6) is 0.691. The second-order valence-corrected chi connectivity index (χ2v) is 8.21. The Labute approximate surface area is 166 Å². The number of furan rings is 1. The fraction of sp³-hybridized carbons (Fsp3) is 0.360. The first-order valence-electron chi connectivity index (χ1n) is 10.5. The molecular formula is C25H28N2O. The van der Waals surface area contributed by atoms with Gasteiger partial charge in [-0.25, -0.2) is 0 Å². The van der Waals surface area contributed by atoms with Gasteiger partial charge in [0.05, 0.1) is 6.26 Å². The van der Waals surface area contributed by atoms with Crippen LogP contribution in [0.25, 0.3) is 21.9 Å². The molecule has 3 heterocycles. The highest BCUT2D eigenvalue weighted by atomic mass is 16.3. The largest absolute Gasteiger partial charge is 0.464 e. The quantitative estimate of drug-likeness (QED) is 0.463. The second-order valence-electron chi connectivity index (χ2n) is 8.21. The Morgan fingerprint density at radius 3 is 2.82 bits per heavy atom. The fourth-order valence-corrected chi connectivity index (χ4v) is 4.95. The van der Waals surface area contributed by atoms with Crippen LogP contribution in [-0.4, -0.2) is 29.5 Å². The lowest BCUT2D eigenvalue weighted by molar-refractivity contribution is 0.211. The van der Waals surface area contributed by atoms with Crippen LogP contribution in [0.3, 0.4) is 0 Å². The van der Waals surface area contributed by atoms with Crippen molar-refractivity contribution in [3.63, 3.8) is 0 Å². The number of rotatable bonds is 5. The summed E-state index contributed by atoms with van der Waals surface area (Å²) in [6.07, 6.45) is 8.84. The van der Waals surface area contributed by atoms with Crippen LogP contribution >= 0.6 is 0 Å². The molecule has 3 nitrogen and oxygen atoms in total. The Kier molecular flexibility index (Phi) is 4.69. The van der Waals surface area contributed by atoms with Crippen molar-refractivity contribution in [3.05, 3.63) is 71.6 Å². The molecule has 28 heavy (non-hydrogen) atoms. The maximum atomic E-state index is 5.75. The summed E-state index contributed by atoms with van der Waals surface area (Å²) in [7, 11) is 0. The molecule has 5 rings (SSSR count). The zero-order valence-electron chi connectivity index (χ0n) is 16.6. The fourth-order valence-electron chi connectivity index (χ4n) is 4.95. The minimum atomic E-state index is 0.691. The maximum Gasteiger partial charge on any atom is 0.134 e. The lowest BCUT2D eigenvalue weighted by Gasteiger charge is -2.32. The third-order valence-corrected chi connectivity index (χ3v) is 6.46. The molecule has 1 saturated heterocycles. The zero-order valence-corrected chi connectivity index (χ0v) is 16.6. The number of piperidine rings is 1. The van der Waals surface area contributed by atoms with E-state index in [1.165, 1.54) is 71.9 Å². The molecule has 144 valence electrons. The van der Waals surface area contributed by atoms with Gasteiger partial charge in [0.2, 0.25) is 0 Å². The molecule has 1 aliphatic rings. The number of likely N-dealkylation sites (tertiary alicyclic amines) is 1. The van der Waals surface area contributed by atoms with Crippen molar-refractivity contribution in [2.24, 2.45) is 0 Å². The molecule has 0 saturated carbocycles.